The van der Waals surface area contributed by atoms with Crippen molar-refractivity contribution in [2.75, 3.05) is 19.2 Å². The highest BCUT2D eigenvalue weighted by Crippen LogP contribution is 2.29. The van der Waals surface area contributed by atoms with Gasteiger partial charge in [0.15, 0.2) is 0 Å². The summed E-state index contributed by atoms with van der Waals surface area (Å²) in [4.78, 5) is 11.5. The number of nitrogens with one attached hydrogen (secondary N) is 3. The van der Waals surface area contributed by atoms with E-state index >= 15 is 0 Å². The summed E-state index contributed by atoms with van der Waals surface area (Å²) in [5.41, 5.74) is 9.25. The molecule has 3 aromatic rings. The summed E-state index contributed by atoms with van der Waals surface area (Å²) in [5, 5.41) is 3.99. The number of halogens is 3. The standard InChI is InChI=1S/C21H19F3N4O3/c1-30-20(29)15-4-2-14(3-5-15)19-11-10-18(31-19)12-25-26-13-27-28-17-8-6-16(7-9-17)21(22,23)24/h2-12,26-28H,13H2,1H3/b25-12+. The van der Waals surface area contributed by atoms with Crippen LogP contribution in [-0.4, -0.2) is 26.0 Å². The Labute approximate surface area is 175 Å². The third kappa shape index (κ3) is 6.09. The van der Waals surface area contributed by atoms with Crippen LogP contribution in [0.3, 0.4) is 0 Å². The second-order valence-electron chi connectivity index (χ2n) is 6.24. The van der Waals surface area contributed by atoms with Crippen LogP contribution in [0.15, 0.2) is 70.2 Å². The fraction of sp³-hybridized carbons (Fsp3) is 0.143. The van der Waals surface area contributed by atoms with Crippen molar-refractivity contribution in [1.29, 1.82) is 0 Å². The highest BCUT2D eigenvalue weighted by atomic mass is 19.4. The zero-order valence-electron chi connectivity index (χ0n) is 16.4. The summed E-state index contributed by atoms with van der Waals surface area (Å²) in [6, 6.07) is 14.9. The number of nitrogens with zero attached hydrogens (tertiary/aromatic N) is 1. The molecule has 162 valence electrons. The number of methoxy groups -OCH3 is 1. The lowest BCUT2D eigenvalue weighted by atomic mass is 10.1. The molecule has 0 aliphatic heterocycles. The van der Waals surface area contributed by atoms with Gasteiger partial charge in [0, 0.05) is 11.3 Å². The summed E-state index contributed by atoms with van der Waals surface area (Å²) in [6.07, 6.45) is -2.88. The summed E-state index contributed by atoms with van der Waals surface area (Å²) in [6.45, 7) is 0.208. The number of esters is 1. The van der Waals surface area contributed by atoms with Crippen LogP contribution in [0.25, 0.3) is 11.3 Å². The van der Waals surface area contributed by atoms with Gasteiger partial charge in [0.25, 0.3) is 0 Å². The van der Waals surface area contributed by atoms with E-state index in [0.29, 0.717) is 22.8 Å². The molecule has 2 aromatic carbocycles. The number of carbonyl (C=O) groups is 1. The number of hydrogen-bond acceptors (Lipinski definition) is 7. The van der Waals surface area contributed by atoms with Gasteiger partial charge in [-0.05, 0) is 48.5 Å². The summed E-state index contributed by atoms with van der Waals surface area (Å²) in [5.74, 6) is 0.710. The monoisotopic (exact) mass is 432 g/mol. The van der Waals surface area contributed by atoms with Crippen LogP contribution < -0.4 is 16.3 Å². The molecule has 1 heterocycles. The molecule has 0 saturated heterocycles. The zero-order chi connectivity index (χ0) is 22.3. The van der Waals surface area contributed by atoms with E-state index in [-0.39, 0.29) is 6.67 Å². The quantitative estimate of drug-likeness (QED) is 0.162. The van der Waals surface area contributed by atoms with E-state index < -0.39 is 17.7 Å². The fourth-order valence-corrected chi connectivity index (χ4v) is 2.55. The lowest BCUT2D eigenvalue weighted by molar-refractivity contribution is -0.137. The molecule has 0 unspecified atom stereocenters. The van der Waals surface area contributed by atoms with Crippen molar-refractivity contribution >= 4 is 17.9 Å². The number of rotatable bonds is 8. The number of alkyl halides is 3. The van der Waals surface area contributed by atoms with E-state index in [2.05, 4.69) is 26.1 Å². The van der Waals surface area contributed by atoms with Crippen molar-refractivity contribution in [2.45, 2.75) is 6.18 Å². The normalized spacial score (nSPS) is 11.5. The molecule has 3 N–H and O–H groups in total. The zero-order valence-corrected chi connectivity index (χ0v) is 16.4. The minimum atomic E-state index is -4.36. The SMILES string of the molecule is COC(=O)c1ccc(-c2ccc(/C=N/NCNNc3ccc(C(F)(F)F)cc3)o2)cc1. The number of ether oxygens (including phenoxy) is 1. The Morgan fingerprint density at radius 1 is 1.06 bits per heavy atom. The Kier molecular flexibility index (Phi) is 6.93. The lowest BCUT2D eigenvalue weighted by Crippen LogP contribution is -2.30. The van der Waals surface area contributed by atoms with Crippen molar-refractivity contribution in [3.8, 4) is 11.3 Å². The van der Waals surface area contributed by atoms with Gasteiger partial charge in [0.1, 0.15) is 11.5 Å². The van der Waals surface area contributed by atoms with Gasteiger partial charge in [-0.1, -0.05) is 12.1 Å². The third-order valence-electron chi connectivity index (χ3n) is 4.11. The Hall–Kier alpha value is -3.79. The third-order valence-corrected chi connectivity index (χ3v) is 4.11. The highest BCUT2D eigenvalue weighted by Gasteiger charge is 2.29. The van der Waals surface area contributed by atoms with Gasteiger partial charge < -0.3 is 14.6 Å². The van der Waals surface area contributed by atoms with Crippen LogP contribution in [-0.2, 0) is 10.9 Å². The second kappa shape index (κ2) is 9.81. The van der Waals surface area contributed by atoms with E-state index in [1.54, 1.807) is 36.4 Å². The van der Waals surface area contributed by atoms with E-state index in [9.17, 15) is 18.0 Å². The molecule has 0 radical (unpaired) electrons. The first-order chi connectivity index (χ1) is 14.9. The minimum Gasteiger partial charge on any atom is -0.465 e. The summed E-state index contributed by atoms with van der Waals surface area (Å²) in [7, 11) is 1.32. The molecule has 3 rings (SSSR count). The maximum absolute atomic E-state index is 12.5. The molecule has 0 aliphatic carbocycles. The molecule has 7 nitrogen and oxygen atoms in total. The van der Waals surface area contributed by atoms with Gasteiger partial charge in [0.05, 0.1) is 31.1 Å². The average Bonchev–Trinajstić information content (AvgIpc) is 3.24. The molecule has 0 atom stereocenters. The van der Waals surface area contributed by atoms with E-state index in [4.69, 9.17) is 4.42 Å². The maximum atomic E-state index is 12.5. The first-order valence-electron chi connectivity index (χ1n) is 9.07. The van der Waals surface area contributed by atoms with Crippen molar-refractivity contribution < 1.29 is 27.1 Å². The summed E-state index contributed by atoms with van der Waals surface area (Å²) >= 11 is 0. The fourth-order valence-electron chi connectivity index (χ4n) is 2.55. The van der Waals surface area contributed by atoms with Crippen LogP contribution in [0.4, 0.5) is 18.9 Å². The van der Waals surface area contributed by atoms with E-state index in [1.165, 1.54) is 25.5 Å². The topological polar surface area (TPSA) is 87.9 Å². The van der Waals surface area contributed by atoms with Gasteiger partial charge in [-0.25, -0.2) is 10.2 Å². The first kappa shape index (κ1) is 21.9. The van der Waals surface area contributed by atoms with Crippen LogP contribution in [0.5, 0.6) is 0 Å². The van der Waals surface area contributed by atoms with Gasteiger partial charge in [-0.15, -0.1) is 0 Å². The number of hydrogen-bond donors (Lipinski definition) is 3. The van der Waals surface area contributed by atoms with Crippen LogP contribution in [0.1, 0.15) is 21.7 Å². The molecule has 1 aromatic heterocycles. The number of anilines is 1. The molecule has 10 heteroatoms. The number of furan rings is 1. The summed E-state index contributed by atoms with van der Waals surface area (Å²) < 4.78 is 47.9. The largest absolute Gasteiger partial charge is 0.465 e. The van der Waals surface area contributed by atoms with Crippen LogP contribution >= 0.6 is 0 Å². The molecule has 0 amide bonds. The number of benzene rings is 2. The molecule has 0 spiro atoms. The second-order valence-corrected chi connectivity index (χ2v) is 6.24. The van der Waals surface area contributed by atoms with Crippen molar-refractivity contribution in [3.05, 3.63) is 77.6 Å². The molecular weight excluding hydrogens is 413 g/mol. The van der Waals surface area contributed by atoms with E-state index in [0.717, 1.165) is 17.7 Å². The van der Waals surface area contributed by atoms with Gasteiger partial charge in [-0.2, -0.15) is 18.3 Å². The van der Waals surface area contributed by atoms with Gasteiger partial charge in [0.2, 0.25) is 0 Å². The Balaban J connectivity index is 1.44. The van der Waals surface area contributed by atoms with Crippen molar-refractivity contribution in [1.82, 2.24) is 10.9 Å². The van der Waals surface area contributed by atoms with Crippen LogP contribution in [0, 0.1) is 0 Å². The number of hydrazine groups is 1. The van der Waals surface area contributed by atoms with E-state index in [1.807, 2.05) is 0 Å². The predicted octanol–water partition coefficient (Wildman–Crippen LogP) is 4.25. The molecule has 0 bridgehead atoms. The maximum Gasteiger partial charge on any atom is 0.416 e. The Bertz CT molecular complexity index is 1030. The van der Waals surface area contributed by atoms with Crippen LogP contribution in [0.2, 0.25) is 0 Å². The van der Waals surface area contributed by atoms with Gasteiger partial charge in [-0.3, -0.25) is 5.43 Å². The molecule has 0 fully saturated rings. The predicted molar refractivity (Wildman–Crippen MR) is 109 cm³/mol. The molecule has 31 heavy (non-hydrogen) atoms. The number of carbonyl (C=O) groups excluding carboxylic acids is 1. The molecule has 0 aliphatic rings. The molecular formula is C21H19F3N4O3. The Morgan fingerprint density at radius 3 is 2.42 bits per heavy atom. The van der Waals surface area contributed by atoms with Crippen molar-refractivity contribution in [3.63, 3.8) is 0 Å². The highest BCUT2D eigenvalue weighted by molar-refractivity contribution is 5.89. The minimum absolute atomic E-state index is 0.208. The Morgan fingerprint density at radius 2 is 1.77 bits per heavy atom. The molecule has 0 saturated carbocycles. The first-order valence-corrected chi connectivity index (χ1v) is 9.07. The number of hydrazone groups is 1. The smallest absolute Gasteiger partial charge is 0.416 e. The average molecular weight is 432 g/mol. The lowest BCUT2D eigenvalue weighted by Gasteiger charge is -2.10. The van der Waals surface area contributed by atoms with Gasteiger partial charge >= 0.3 is 12.1 Å². The van der Waals surface area contributed by atoms with Crippen molar-refractivity contribution in [2.24, 2.45) is 5.10 Å².